The molecule has 0 amide bonds. The van der Waals surface area contributed by atoms with E-state index in [1.165, 1.54) is 7.11 Å². The van der Waals surface area contributed by atoms with Gasteiger partial charge in [0, 0.05) is 19.6 Å². The normalized spacial score (nSPS) is 14.9. The monoisotopic (exact) mass is 259 g/mol. The molecule has 0 saturated carbocycles. The second-order valence-electron chi connectivity index (χ2n) is 5.21. The number of nitrogens with one attached hydrogen (secondary N) is 1. The summed E-state index contributed by atoms with van der Waals surface area (Å²) >= 11 is 0. The van der Waals surface area contributed by atoms with E-state index >= 15 is 0 Å². The van der Waals surface area contributed by atoms with Crippen molar-refractivity contribution in [1.29, 1.82) is 0 Å². The third-order valence-corrected chi connectivity index (χ3v) is 3.13. The first-order valence-corrected chi connectivity index (χ1v) is 6.52. The Hall–Kier alpha value is -0.650. The summed E-state index contributed by atoms with van der Waals surface area (Å²) < 4.78 is 4.87. The van der Waals surface area contributed by atoms with E-state index in [1.807, 2.05) is 13.8 Å². The highest BCUT2D eigenvalue weighted by molar-refractivity contribution is 5.80. The van der Waals surface area contributed by atoms with Gasteiger partial charge in [-0.1, -0.05) is 6.92 Å². The van der Waals surface area contributed by atoms with Crippen molar-refractivity contribution in [2.24, 2.45) is 0 Å². The number of carbonyl (C=O) groups excluding carboxylic acids is 1. The molecule has 0 heterocycles. The third kappa shape index (κ3) is 6.33. The van der Waals surface area contributed by atoms with Crippen molar-refractivity contribution in [2.75, 3.05) is 54.4 Å². The van der Waals surface area contributed by atoms with Gasteiger partial charge in [0.25, 0.3) is 0 Å². The standard InChI is InChI=1S/C13H29N3O2/c1-7-14-13(2,12(17)18-6)8-9-16(5)11-10-15(3)4/h14H,7-11H2,1-6H3. The highest BCUT2D eigenvalue weighted by atomic mass is 16.5. The van der Waals surface area contributed by atoms with Crippen molar-refractivity contribution in [3.8, 4) is 0 Å². The Labute approximate surface area is 111 Å². The molecule has 0 saturated heterocycles. The summed E-state index contributed by atoms with van der Waals surface area (Å²) in [6, 6.07) is 0. The van der Waals surface area contributed by atoms with Gasteiger partial charge in [-0.15, -0.1) is 0 Å². The molecule has 0 aromatic carbocycles. The number of hydrogen-bond acceptors (Lipinski definition) is 5. The van der Waals surface area contributed by atoms with Crippen LogP contribution in [-0.4, -0.2) is 75.7 Å². The zero-order valence-electron chi connectivity index (χ0n) is 12.7. The molecule has 108 valence electrons. The maximum atomic E-state index is 11.8. The smallest absolute Gasteiger partial charge is 0.325 e. The van der Waals surface area contributed by atoms with Gasteiger partial charge < -0.3 is 19.9 Å². The number of nitrogens with zero attached hydrogens (tertiary/aromatic N) is 2. The van der Waals surface area contributed by atoms with E-state index in [1.54, 1.807) is 0 Å². The Morgan fingerprint density at radius 2 is 1.83 bits per heavy atom. The SMILES string of the molecule is CCNC(C)(CCN(C)CCN(C)C)C(=O)OC. The molecule has 0 rings (SSSR count). The molecular formula is C13H29N3O2. The summed E-state index contributed by atoms with van der Waals surface area (Å²) in [6.45, 7) is 7.54. The molecule has 0 fully saturated rings. The van der Waals surface area contributed by atoms with Crippen LogP contribution in [0.3, 0.4) is 0 Å². The van der Waals surface area contributed by atoms with Gasteiger partial charge in [0.15, 0.2) is 0 Å². The summed E-state index contributed by atoms with van der Waals surface area (Å²) in [7, 11) is 7.64. The minimum atomic E-state index is -0.587. The number of carbonyl (C=O) groups is 1. The van der Waals surface area contributed by atoms with Crippen LogP contribution >= 0.6 is 0 Å². The van der Waals surface area contributed by atoms with Crippen LogP contribution in [0.4, 0.5) is 0 Å². The predicted octanol–water partition coefficient (Wildman–Crippen LogP) is 0.411. The average Bonchev–Trinajstić information content (AvgIpc) is 2.33. The number of ether oxygens (including phenoxy) is 1. The van der Waals surface area contributed by atoms with E-state index in [-0.39, 0.29) is 5.97 Å². The van der Waals surface area contributed by atoms with Gasteiger partial charge in [-0.05, 0) is 41.0 Å². The lowest BCUT2D eigenvalue weighted by Crippen LogP contribution is -2.51. The Morgan fingerprint density at radius 1 is 1.22 bits per heavy atom. The van der Waals surface area contributed by atoms with E-state index in [0.29, 0.717) is 0 Å². The molecule has 5 heteroatoms. The minimum Gasteiger partial charge on any atom is -0.468 e. The van der Waals surface area contributed by atoms with Gasteiger partial charge in [0.05, 0.1) is 7.11 Å². The second kappa shape index (κ2) is 8.45. The molecule has 0 spiro atoms. The molecule has 18 heavy (non-hydrogen) atoms. The van der Waals surface area contributed by atoms with E-state index in [0.717, 1.165) is 32.6 Å². The highest BCUT2D eigenvalue weighted by Crippen LogP contribution is 2.12. The summed E-state index contributed by atoms with van der Waals surface area (Å²) in [4.78, 5) is 16.2. The maximum absolute atomic E-state index is 11.8. The van der Waals surface area contributed by atoms with Crippen LogP contribution < -0.4 is 5.32 Å². The van der Waals surface area contributed by atoms with Gasteiger partial charge in [-0.2, -0.15) is 0 Å². The largest absolute Gasteiger partial charge is 0.468 e. The first-order valence-electron chi connectivity index (χ1n) is 6.52. The summed E-state index contributed by atoms with van der Waals surface area (Å²) in [5, 5.41) is 3.22. The Balaban J connectivity index is 4.22. The third-order valence-electron chi connectivity index (χ3n) is 3.13. The zero-order valence-corrected chi connectivity index (χ0v) is 12.7. The van der Waals surface area contributed by atoms with Crippen LogP contribution in [0, 0.1) is 0 Å². The lowest BCUT2D eigenvalue weighted by molar-refractivity contribution is -0.148. The van der Waals surface area contributed by atoms with E-state index in [4.69, 9.17) is 4.74 Å². The lowest BCUT2D eigenvalue weighted by atomic mass is 9.97. The first kappa shape index (κ1) is 17.4. The van der Waals surface area contributed by atoms with Crippen molar-refractivity contribution in [3.63, 3.8) is 0 Å². The molecule has 1 unspecified atom stereocenters. The lowest BCUT2D eigenvalue weighted by Gasteiger charge is -2.30. The summed E-state index contributed by atoms with van der Waals surface area (Å²) in [5.74, 6) is -0.189. The van der Waals surface area contributed by atoms with Crippen LogP contribution in [0.2, 0.25) is 0 Å². The minimum absolute atomic E-state index is 0.189. The number of hydrogen-bond donors (Lipinski definition) is 1. The van der Waals surface area contributed by atoms with Gasteiger partial charge in [0.1, 0.15) is 5.54 Å². The van der Waals surface area contributed by atoms with Gasteiger partial charge in [-0.25, -0.2) is 0 Å². The van der Waals surface area contributed by atoms with E-state index < -0.39 is 5.54 Å². The van der Waals surface area contributed by atoms with Crippen LogP contribution in [0.5, 0.6) is 0 Å². The average molecular weight is 259 g/mol. The molecule has 0 radical (unpaired) electrons. The van der Waals surface area contributed by atoms with Crippen molar-refractivity contribution in [1.82, 2.24) is 15.1 Å². The fourth-order valence-electron chi connectivity index (χ4n) is 1.78. The van der Waals surface area contributed by atoms with Gasteiger partial charge in [0.2, 0.25) is 0 Å². The van der Waals surface area contributed by atoms with Crippen molar-refractivity contribution in [2.45, 2.75) is 25.8 Å². The molecule has 0 aliphatic carbocycles. The fraction of sp³-hybridized carbons (Fsp3) is 0.923. The maximum Gasteiger partial charge on any atom is 0.325 e. The Morgan fingerprint density at radius 3 is 2.28 bits per heavy atom. The summed E-state index contributed by atoms with van der Waals surface area (Å²) in [5.41, 5.74) is -0.587. The first-order chi connectivity index (χ1) is 8.35. The molecule has 0 aromatic heterocycles. The predicted molar refractivity (Wildman–Crippen MR) is 74.8 cm³/mol. The van der Waals surface area contributed by atoms with Crippen molar-refractivity contribution < 1.29 is 9.53 Å². The van der Waals surface area contributed by atoms with Crippen LogP contribution in [0.1, 0.15) is 20.3 Å². The molecular weight excluding hydrogens is 230 g/mol. The summed E-state index contributed by atoms with van der Waals surface area (Å²) in [6.07, 6.45) is 0.747. The highest BCUT2D eigenvalue weighted by Gasteiger charge is 2.33. The number of esters is 1. The molecule has 0 aliphatic rings. The Kier molecular flexibility index (Phi) is 8.15. The van der Waals surface area contributed by atoms with E-state index in [9.17, 15) is 4.79 Å². The quantitative estimate of drug-likeness (QED) is 0.608. The van der Waals surface area contributed by atoms with Crippen LogP contribution in [-0.2, 0) is 9.53 Å². The molecule has 0 bridgehead atoms. The molecule has 5 nitrogen and oxygen atoms in total. The molecule has 0 aliphatic heterocycles. The molecule has 1 atom stereocenters. The van der Waals surface area contributed by atoms with Gasteiger partial charge >= 0.3 is 5.97 Å². The Bertz CT molecular complexity index is 246. The number of rotatable bonds is 9. The zero-order chi connectivity index (χ0) is 14.2. The van der Waals surface area contributed by atoms with Gasteiger partial charge in [-0.3, -0.25) is 4.79 Å². The molecule has 0 aromatic rings. The number of methoxy groups -OCH3 is 1. The van der Waals surface area contributed by atoms with Crippen LogP contribution in [0.25, 0.3) is 0 Å². The second-order valence-corrected chi connectivity index (χ2v) is 5.21. The fourth-order valence-corrected chi connectivity index (χ4v) is 1.78. The van der Waals surface area contributed by atoms with Crippen molar-refractivity contribution in [3.05, 3.63) is 0 Å². The van der Waals surface area contributed by atoms with Crippen molar-refractivity contribution >= 4 is 5.97 Å². The molecule has 1 N–H and O–H groups in total. The number of likely N-dealkylation sites (N-methyl/N-ethyl adjacent to an activating group) is 3. The van der Waals surface area contributed by atoms with Crippen LogP contribution in [0.15, 0.2) is 0 Å². The topological polar surface area (TPSA) is 44.8 Å². The van der Waals surface area contributed by atoms with E-state index in [2.05, 4.69) is 36.3 Å².